The number of fused-ring (bicyclic) bond motifs is 1. The van der Waals surface area contributed by atoms with E-state index in [0.717, 1.165) is 25.3 Å². The van der Waals surface area contributed by atoms with Crippen LogP contribution in [-0.4, -0.2) is 36.8 Å². The van der Waals surface area contributed by atoms with Crippen molar-refractivity contribution >= 4 is 10.0 Å². The van der Waals surface area contributed by atoms with Gasteiger partial charge in [0.05, 0.1) is 0 Å². The van der Waals surface area contributed by atoms with E-state index in [1.165, 1.54) is 16.6 Å². The predicted octanol–water partition coefficient (Wildman–Crippen LogP) is 0.969. The second-order valence-corrected chi connectivity index (χ2v) is 7.56. The van der Waals surface area contributed by atoms with Crippen molar-refractivity contribution < 1.29 is 12.8 Å². The fraction of sp³-hybridized carbons (Fsp3) is 0.615. The number of rotatable bonds is 2. The molecule has 0 spiro atoms. The van der Waals surface area contributed by atoms with Gasteiger partial charge in [-0.05, 0) is 43.2 Å². The minimum absolute atomic E-state index is 0.158. The quantitative estimate of drug-likeness (QED) is 0.883. The first-order valence-electron chi connectivity index (χ1n) is 6.84. The summed E-state index contributed by atoms with van der Waals surface area (Å²) in [4.78, 5) is 3.70. The topological polar surface area (TPSA) is 76.3 Å². The number of nitrogens with zero attached hydrogens (tertiary/aromatic N) is 2. The summed E-state index contributed by atoms with van der Waals surface area (Å²) in [5, 5.41) is -0.469. The lowest BCUT2D eigenvalue weighted by Gasteiger charge is -2.28. The molecule has 1 saturated heterocycles. The number of hydrogen-bond acceptors (Lipinski definition) is 4. The summed E-state index contributed by atoms with van der Waals surface area (Å²) in [6.45, 7) is 0.881. The lowest BCUT2D eigenvalue weighted by atomic mass is 9.79. The largest absolute Gasteiger partial charge is 0.328 e. The molecule has 1 unspecified atom stereocenters. The van der Waals surface area contributed by atoms with Gasteiger partial charge in [-0.25, -0.2) is 17.8 Å². The van der Waals surface area contributed by atoms with E-state index in [0.29, 0.717) is 24.9 Å². The summed E-state index contributed by atoms with van der Waals surface area (Å²) in [5.74, 6) is -0.157. The fourth-order valence-electron chi connectivity index (χ4n) is 3.30. The van der Waals surface area contributed by atoms with Crippen LogP contribution in [0.3, 0.4) is 0 Å². The van der Waals surface area contributed by atoms with Crippen molar-refractivity contribution in [3.05, 3.63) is 24.1 Å². The highest BCUT2D eigenvalue weighted by Crippen LogP contribution is 2.37. The molecule has 2 fully saturated rings. The van der Waals surface area contributed by atoms with Crippen molar-refractivity contribution in [3.8, 4) is 0 Å². The third-order valence-electron chi connectivity index (χ3n) is 4.37. The van der Waals surface area contributed by atoms with Crippen molar-refractivity contribution in [3.63, 3.8) is 0 Å². The van der Waals surface area contributed by atoms with E-state index in [1.54, 1.807) is 0 Å². The van der Waals surface area contributed by atoms with Crippen LogP contribution in [0.4, 0.5) is 4.39 Å². The van der Waals surface area contributed by atoms with Gasteiger partial charge >= 0.3 is 0 Å². The zero-order chi connectivity index (χ0) is 14.3. The molecule has 0 aromatic carbocycles. The molecule has 0 amide bonds. The highest BCUT2D eigenvalue weighted by molar-refractivity contribution is 7.89. The molecule has 110 valence electrons. The molecule has 7 heteroatoms. The average molecular weight is 299 g/mol. The Morgan fingerprint density at radius 3 is 2.80 bits per heavy atom. The number of sulfonamides is 1. The van der Waals surface area contributed by atoms with Crippen molar-refractivity contribution in [2.45, 2.75) is 30.3 Å². The maximum atomic E-state index is 13.7. The van der Waals surface area contributed by atoms with E-state index >= 15 is 0 Å². The third kappa shape index (κ3) is 2.34. The zero-order valence-corrected chi connectivity index (χ0v) is 11.9. The van der Waals surface area contributed by atoms with E-state index in [-0.39, 0.29) is 6.04 Å². The Morgan fingerprint density at radius 1 is 1.30 bits per heavy atom. The van der Waals surface area contributed by atoms with Gasteiger partial charge in [-0.15, -0.1) is 0 Å². The molecule has 1 saturated carbocycles. The average Bonchev–Trinajstić information content (AvgIpc) is 2.82. The van der Waals surface area contributed by atoms with E-state index in [1.807, 2.05) is 0 Å². The Bertz CT molecular complexity index is 607. The maximum absolute atomic E-state index is 13.7. The Hall–Kier alpha value is -1.05. The van der Waals surface area contributed by atoms with Gasteiger partial charge in [-0.3, -0.25) is 0 Å². The summed E-state index contributed by atoms with van der Waals surface area (Å²) >= 11 is 0. The van der Waals surface area contributed by atoms with Crippen molar-refractivity contribution in [1.29, 1.82) is 0 Å². The lowest BCUT2D eigenvalue weighted by molar-refractivity contribution is 0.271. The Morgan fingerprint density at radius 2 is 2.05 bits per heavy atom. The Balaban J connectivity index is 1.85. The molecular weight excluding hydrogens is 281 g/mol. The van der Waals surface area contributed by atoms with Gasteiger partial charge in [0.2, 0.25) is 5.03 Å². The van der Waals surface area contributed by atoms with E-state index < -0.39 is 20.9 Å². The molecule has 1 aromatic rings. The Labute approximate surface area is 118 Å². The number of aromatic nitrogens is 1. The second-order valence-electron chi connectivity index (χ2n) is 5.71. The number of nitrogens with two attached hydrogens (primary N) is 1. The number of hydrogen-bond donors (Lipinski definition) is 1. The first kappa shape index (κ1) is 13.9. The smallest absolute Gasteiger partial charge is 0.263 e. The second kappa shape index (κ2) is 5.05. The molecule has 2 N–H and O–H groups in total. The first-order valence-corrected chi connectivity index (χ1v) is 8.28. The molecule has 5 nitrogen and oxygen atoms in total. The molecule has 3 rings (SSSR count). The van der Waals surface area contributed by atoms with E-state index in [2.05, 4.69) is 4.98 Å². The molecule has 2 heterocycles. The van der Waals surface area contributed by atoms with Crippen LogP contribution in [0.1, 0.15) is 19.3 Å². The summed E-state index contributed by atoms with van der Waals surface area (Å²) in [6.07, 6.45) is 4.03. The van der Waals surface area contributed by atoms with Crippen molar-refractivity contribution in [1.82, 2.24) is 9.29 Å². The molecule has 2 aliphatic rings. The van der Waals surface area contributed by atoms with Gasteiger partial charge < -0.3 is 5.73 Å². The van der Waals surface area contributed by atoms with E-state index in [4.69, 9.17) is 5.73 Å². The first-order chi connectivity index (χ1) is 9.48. The van der Waals surface area contributed by atoms with Gasteiger partial charge in [0.1, 0.15) is 0 Å². The van der Waals surface area contributed by atoms with Gasteiger partial charge in [0, 0.05) is 25.3 Å². The van der Waals surface area contributed by atoms with Crippen molar-refractivity contribution in [2.24, 2.45) is 17.6 Å². The van der Waals surface area contributed by atoms with Crippen LogP contribution in [0, 0.1) is 17.7 Å². The molecule has 20 heavy (non-hydrogen) atoms. The minimum Gasteiger partial charge on any atom is -0.328 e. The van der Waals surface area contributed by atoms with Crippen LogP contribution < -0.4 is 5.73 Å². The van der Waals surface area contributed by atoms with Gasteiger partial charge in [-0.2, -0.15) is 4.31 Å². The van der Waals surface area contributed by atoms with Crippen LogP contribution >= 0.6 is 0 Å². The summed E-state index contributed by atoms with van der Waals surface area (Å²) in [6, 6.07) is 2.67. The van der Waals surface area contributed by atoms with Crippen LogP contribution in [0.15, 0.2) is 23.4 Å². The SMILES string of the molecule is NC1CC[C@@H]2CN(S(=O)(=O)c3ncccc3F)C[C@@H]2C1. The zero-order valence-electron chi connectivity index (χ0n) is 11.1. The molecular formula is C13H18FN3O2S. The number of pyridine rings is 1. The molecule has 1 aliphatic heterocycles. The van der Waals surface area contributed by atoms with E-state index in [9.17, 15) is 12.8 Å². The maximum Gasteiger partial charge on any atom is 0.263 e. The molecule has 0 radical (unpaired) electrons. The van der Waals surface area contributed by atoms with Gasteiger partial charge in [0.25, 0.3) is 10.0 Å². The molecule has 3 atom stereocenters. The van der Waals surface area contributed by atoms with Gasteiger partial charge in [-0.1, -0.05) is 0 Å². The third-order valence-corrected chi connectivity index (χ3v) is 6.13. The summed E-state index contributed by atoms with van der Waals surface area (Å²) < 4.78 is 40.0. The van der Waals surface area contributed by atoms with Crippen LogP contribution in [-0.2, 0) is 10.0 Å². The highest BCUT2D eigenvalue weighted by atomic mass is 32.2. The van der Waals surface area contributed by atoms with Crippen molar-refractivity contribution in [2.75, 3.05) is 13.1 Å². The molecule has 1 aromatic heterocycles. The number of halogens is 1. The predicted molar refractivity (Wildman–Crippen MR) is 71.8 cm³/mol. The van der Waals surface area contributed by atoms with Gasteiger partial charge in [0.15, 0.2) is 5.82 Å². The highest BCUT2D eigenvalue weighted by Gasteiger charge is 2.42. The lowest BCUT2D eigenvalue weighted by Crippen LogP contribution is -2.32. The standard InChI is InChI=1S/C13H18FN3O2S/c14-12-2-1-5-16-13(12)20(18,19)17-7-9-3-4-11(15)6-10(9)8-17/h1-2,5,9-11H,3-4,6-8,15H2/t9-,10+,11?/m1/s1. The van der Waals surface area contributed by atoms with Crippen LogP contribution in [0.2, 0.25) is 0 Å². The van der Waals surface area contributed by atoms with Crippen LogP contribution in [0.25, 0.3) is 0 Å². The monoisotopic (exact) mass is 299 g/mol. The minimum atomic E-state index is -3.84. The summed E-state index contributed by atoms with van der Waals surface area (Å²) in [7, 11) is -3.84. The normalized spacial score (nSPS) is 31.2. The molecule has 0 bridgehead atoms. The molecule has 1 aliphatic carbocycles. The Kier molecular flexibility index (Phi) is 3.51. The summed E-state index contributed by atoms with van der Waals surface area (Å²) in [5.41, 5.74) is 5.94. The van der Waals surface area contributed by atoms with Crippen LogP contribution in [0.5, 0.6) is 0 Å². The fourth-order valence-corrected chi connectivity index (χ4v) is 4.83.